The first-order valence-electron chi connectivity index (χ1n) is 10.7. The lowest BCUT2D eigenvalue weighted by Gasteiger charge is -2.38. The van der Waals surface area contributed by atoms with Crippen molar-refractivity contribution in [1.29, 1.82) is 0 Å². The van der Waals surface area contributed by atoms with Gasteiger partial charge in [0.1, 0.15) is 5.75 Å². The monoisotopic (exact) mass is 446 g/mol. The van der Waals surface area contributed by atoms with Gasteiger partial charge in [-0.15, -0.1) is 0 Å². The molecule has 2 unspecified atom stereocenters. The molecule has 0 spiro atoms. The van der Waals surface area contributed by atoms with Gasteiger partial charge in [-0.25, -0.2) is 5.01 Å². The third-order valence-electron chi connectivity index (χ3n) is 6.16. The molecule has 1 N–H and O–H groups in total. The van der Waals surface area contributed by atoms with Crippen LogP contribution in [-0.4, -0.2) is 37.2 Å². The summed E-state index contributed by atoms with van der Waals surface area (Å²) in [5.41, 5.74) is 4.47. The summed E-state index contributed by atoms with van der Waals surface area (Å²) in [5.74, 6) is 2.84. The fourth-order valence-electron chi connectivity index (χ4n) is 4.51. The summed E-state index contributed by atoms with van der Waals surface area (Å²) in [6, 6.07) is 17.1. The van der Waals surface area contributed by atoms with E-state index in [-0.39, 0.29) is 11.8 Å². The molecule has 0 amide bonds. The van der Waals surface area contributed by atoms with E-state index in [1.165, 1.54) is 0 Å². The van der Waals surface area contributed by atoms with Crippen LogP contribution >= 0.6 is 0 Å². The highest BCUT2D eigenvalue weighted by Crippen LogP contribution is 2.51. The number of rotatable bonds is 5. The van der Waals surface area contributed by atoms with Crippen molar-refractivity contribution in [2.24, 2.45) is 5.10 Å². The average molecular weight is 447 g/mol. The topological polar surface area (TPSA) is 72.8 Å². The fraction of sp³-hybridized carbons (Fsp3) is 0.269. The van der Waals surface area contributed by atoms with Crippen molar-refractivity contribution in [3.8, 4) is 28.7 Å². The maximum atomic E-state index is 10.5. The number of hydrogen-bond acceptors (Lipinski definition) is 7. The molecule has 2 heterocycles. The maximum Gasteiger partial charge on any atom is 0.214 e. The van der Waals surface area contributed by atoms with Gasteiger partial charge in [-0.3, -0.25) is 0 Å². The van der Waals surface area contributed by atoms with Crippen molar-refractivity contribution in [2.75, 3.05) is 21.3 Å². The molecule has 3 aromatic carbocycles. The molecule has 3 aromatic rings. The lowest BCUT2D eigenvalue weighted by atomic mass is 9.94. The summed E-state index contributed by atoms with van der Waals surface area (Å²) in [6.07, 6.45) is 0.118. The van der Waals surface area contributed by atoms with Crippen molar-refractivity contribution in [1.82, 2.24) is 5.01 Å². The molecule has 0 radical (unpaired) electrons. The number of aryl methyl sites for hydroxylation is 1. The SMILES string of the molecule is COc1ccc(C2Oc3c(OC)cccc3C3CC(c4cc(C)ccc4O)=NN32)cc1OC. The third kappa shape index (κ3) is 3.50. The fourth-order valence-corrected chi connectivity index (χ4v) is 4.51. The van der Waals surface area contributed by atoms with Crippen LogP contribution in [0.15, 0.2) is 59.7 Å². The zero-order valence-corrected chi connectivity index (χ0v) is 19.0. The Kier molecular flexibility index (Phi) is 5.24. The number of aromatic hydroxyl groups is 1. The van der Waals surface area contributed by atoms with Crippen LogP contribution in [0.3, 0.4) is 0 Å². The molecule has 0 aromatic heterocycles. The van der Waals surface area contributed by atoms with Gasteiger partial charge in [0.2, 0.25) is 6.23 Å². The van der Waals surface area contributed by atoms with Crippen molar-refractivity contribution in [2.45, 2.75) is 25.6 Å². The second-order valence-electron chi connectivity index (χ2n) is 8.13. The van der Waals surface area contributed by atoms with Gasteiger partial charge in [-0.1, -0.05) is 23.8 Å². The molecule has 0 bridgehead atoms. The van der Waals surface area contributed by atoms with E-state index >= 15 is 0 Å². The van der Waals surface area contributed by atoms with Crippen molar-refractivity contribution in [3.05, 3.63) is 76.9 Å². The first-order chi connectivity index (χ1) is 16.0. The number of benzene rings is 3. The standard InChI is InChI=1S/C26H26N2O5/c1-15-8-10-21(29)18(12-15)19-14-20-17-6-5-7-23(31-3)25(17)33-26(28(20)27-19)16-9-11-22(30-2)24(13-16)32-4/h5-13,20,26,29H,14H2,1-4H3. The minimum absolute atomic E-state index is 0.0724. The molecule has 7 heteroatoms. The number of phenolic OH excluding ortho intramolecular Hbond substituents is 1. The lowest BCUT2D eigenvalue weighted by molar-refractivity contribution is -0.0210. The van der Waals surface area contributed by atoms with Gasteiger partial charge in [0, 0.05) is 23.1 Å². The predicted octanol–water partition coefficient (Wildman–Crippen LogP) is 4.97. The highest BCUT2D eigenvalue weighted by atomic mass is 16.5. The minimum atomic E-state index is -0.511. The number of hydrazone groups is 1. The largest absolute Gasteiger partial charge is 0.507 e. The molecule has 0 aliphatic carbocycles. The summed E-state index contributed by atoms with van der Waals surface area (Å²) in [7, 11) is 4.85. The molecule has 5 rings (SSSR count). The normalized spacial score (nSPS) is 18.7. The Morgan fingerprint density at radius 1 is 0.939 bits per heavy atom. The second-order valence-corrected chi connectivity index (χ2v) is 8.13. The molecule has 7 nitrogen and oxygen atoms in total. The van der Waals surface area contributed by atoms with Crippen LogP contribution in [0.1, 0.15) is 40.9 Å². The van der Waals surface area contributed by atoms with Crippen LogP contribution in [0, 0.1) is 6.92 Å². The highest BCUT2D eigenvalue weighted by molar-refractivity contribution is 6.04. The van der Waals surface area contributed by atoms with Crippen LogP contribution in [0.25, 0.3) is 0 Å². The Balaban J connectivity index is 1.64. The van der Waals surface area contributed by atoms with Crippen LogP contribution < -0.4 is 18.9 Å². The Morgan fingerprint density at radius 2 is 1.73 bits per heavy atom. The third-order valence-corrected chi connectivity index (χ3v) is 6.16. The molecule has 33 heavy (non-hydrogen) atoms. The zero-order chi connectivity index (χ0) is 23.1. The van der Waals surface area contributed by atoms with E-state index < -0.39 is 6.23 Å². The summed E-state index contributed by atoms with van der Waals surface area (Å²) < 4.78 is 23.0. The summed E-state index contributed by atoms with van der Waals surface area (Å²) in [6.45, 7) is 2.00. The maximum absolute atomic E-state index is 10.5. The lowest BCUT2D eigenvalue weighted by Crippen LogP contribution is -2.33. The first-order valence-corrected chi connectivity index (χ1v) is 10.7. The van der Waals surface area contributed by atoms with Gasteiger partial charge >= 0.3 is 0 Å². The summed E-state index contributed by atoms with van der Waals surface area (Å²) in [4.78, 5) is 0. The van der Waals surface area contributed by atoms with E-state index in [1.807, 2.05) is 60.5 Å². The number of methoxy groups -OCH3 is 3. The molecule has 0 saturated carbocycles. The number of ether oxygens (including phenoxy) is 4. The molecule has 2 aliphatic heterocycles. The minimum Gasteiger partial charge on any atom is -0.507 e. The Labute approximate surface area is 192 Å². The van der Waals surface area contributed by atoms with Crippen LogP contribution in [-0.2, 0) is 0 Å². The van der Waals surface area contributed by atoms with Gasteiger partial charge in [-0.05, 0) is 43.3 Å². The van der Waals surface area contributed by atoms with Crippen LogP contribution in [0.2, 0.25) is 0 Å². The Hall–Kier alpha value is -3.87. The number of para-hydroxylation sites is 1. The smallest absolute Gasteiger partial charge is 0.214 e. The van der Waals surface area contributed by atoms with Gasteiger partial charge in [0.05, 0.1) is 33.1 Å². The molecule has 2 aliphatic rings. The highest BCUT2D eigenvalue weighted by Gasteiger charge is 2.42. The molecular weight excluding hydrogens is 420 g/mol. The quantitative estimate of drug-likeness (QED) is 0.597. The first kappa shape index (κ1) is 21.0. The van der Waals surface area contributed by atoms with E-state index in [9.17, 15) is 5.11 Å². The molecule has 0 saturated heterocycles. The van der Waals surface area contributed by atoms with E-state index in [0.717, 1.165) is 28.0 Å². The number of hydrogen-bond donors (Lipinski definition) is 1. The van der Waals surface area contributed by atoms with Gasteiger partial charge in [-0.2, -0.15) is 5.10 Å². The van der Waals surface area contributed by atoms with Gasteiger partial charge in [0.25, 0.3) is 0 Å². The van der Waals surface area contributed by atoms with E-state index in [1.54, 1.807) is 27.4 Å². The molecule has 170 valence electrons. The Morgan fingerprint density at radius 3 is 2.48 bits per heavy atom. The number of fused-ring (bicyclic) bond motifs is 3. The predicted molar refractivity (Wildman–Crippen MR) is 124 cm³/mol. The van der Waals surface area contributed by atoms with E-state index in [2.05, 4.69) is 0 Å². The molecule has 2 atom stereocenters. The van der Waals surface area contributed by atoms with Crippen LogP contribution in [0.5, 0.6) is 28.7 Å². The van der Waals surface area contributed by atoms with Gasteiger partial charge < -0.3 is 24.1 Å². The summed E-state index contributed by atoms with van der Waals surface area (Å²) in [5, 5.41) is 17.4. The van der Waals surface area contributed by atoms with E-state index in [4.69, 9.17) is 24.0 Å². The van der Waals surface area contributed by atoms with Gasteiger partial charge in [0.15, 0.2) is 23.0 Å². The number of phenols is 1. The second kappa shape index (κ2) is 8.24. The summed E-state index contributed by atoms with van der Waals surface area (Å²) >= 11 is 0. The van der Waals surface area contributed by atoms with Crippen molar-refractivity contribution >= 4 is 5.71 Å². The van der Waals surface area contributed by atoms with Crippen molar-refractivity contribution in [3.63, 3.8) is 0 Å². The molecular formula is C26H26N2O5. The zero-order valence-electron chi connectivity index (χ0n) is 19.0. The average Bonchev–Trinajstić information content (AvgIpc) is 3.29. The van der Waals surface area contributed by atoms with Crippen molar-refractivity contribution < 1.29 is 24.1 Å². The van der Waals surface area contributed by atoms with E-state index in [0.29, 0.717) is 29.4 Å². The molecule has 0 fully saturated rings. The van der Waals surface area contributed by atoms with Crippen LogP contribution in [0.4, 0.5) is 0 Å². The number of nitrogens with zero attached hydrogens (tertiary/aromatic N) is 2. The Bertz CT molecular complexity index is 1240.